The molecule has 4 heterocycles. The number of halogens is 1. The fourth-order valence-electron chi connectivity index (χ4n) is 3.83. The fourth-order valence-corrected chi connectivity index (χ4v) is 3.83. The van der Waals surface area contributed by atoms with Crippen LogP contribution in [0.5, 0.6) is 5.88 Å². The van der Waals surface area contributed by atoms with Gasteiger partial charge in [0.25, 0.3) is 0 Å². The number of hydrogen-bond donors (Lipinski definition) is 0. The number of piperidine rings is 1. The van der Waals surface area contributed by atoms with E-state index in [0.29, 0.717) is 24.4 Å². The Labute approximate surface area is 146 Å². The van der Waals surface area contributed by atoms with E-state index in [4.69, 9.17) is 4.74 Å². The second-order valence-corrected chi connectivity index (χ2v) is 7.04. The number of likely N-dealkylation sites (N-methyl/N-ethyl adjacent to an activating group) is 1. The van der Waals surface area contributed by atoms with E-state index in [2.05, 4.69) is 31.8 Å². The lowest BCUT2D eigenvalue weighted by atomic mass is 9.75. The first-order valence-corrected chi connectivity index (χ1v) is 8.62. The second-order valence-electron chi connectivity index (χ2n) is 7.04. The van der Waals surface area contributed by atoms with Gasteiger partial charge in [-0.2, -0.15) is 0 Å². The normalized spacial score (nSPS) is 22.6. The summed E-state index contributed by atoms with van der Waals surface area (Å²) < 4.78 is 18.8. The van der Waals surface area contributed by atoms with E-state index in [-0.39, 0.29) is 5.54 Å². The van der Waals surface area contributed by atoms with Gasteiger partial charge >= 0.3 is 0 Å². The number of nitrogens with zero attached hydrogens (tertiary/aromatic N) is 5. The van der Waals surface area contributed by atoms with E-state index >= 15 is 0 Å². The van der Waals surface area contributed by atoms with Gasteiger partial charge in [-0.1, -0.05) is 6.07 Å². The van der Waals surface area contributed by atoms with Crippen LogP contribution in [0, 0.1) is 11.7 Å². The molecule has 2 aromatic heterocycles. The molecule has 0 amide bonds. The van der Waals surface area contributed by atoms with Gasteiger partial charge in [-0.25, -0.2) is 19.3 Å². The molecule has 0 radical (unpaired) electrons. The van der Waals surface area contributed by atoms with Crippen molar-refractivity contribution in [2.24, 2.45) is 5.92 Å². The van der Waals surface area contributed by atoms with Crippen LogP contribution in [0.15, 0.2) is 36.8 Å². The van der Waals surface area contributed by atoms with Gasteiger partial charge < -0.3 is 9.64 Å². The maximum Gasteiger partial charge on any atom is 0.225 e. The van der Waals surface area contributed by atoms with Crippen molar-refractivity contribution in [3.05, 3.63) is 42.6 Å². The highest BCUT2D eigenvalue weighted by atomic mass is 19.1. The third kappa shape index (κ3) is 3.28. The van der Waals surface area contributed by atoms with Crippen LogP contribution < -0.4 is 9.64 Å². The van der Waals surface area contributed by atoms with Crippen LogP contribution in [0.1, 0.15) is 12.8 Å². The topological polar surface area (TPSA) is 54.4 Å². The van der Waals surface area contributed by atoms with E-state index in [1.54, 1.807) is 6.20 Å². The molecule has 0 N–H and O–H groups in total. The molecule has 132 valence electrons. The molecule has 2 aliphatic heterocycles. The SMILES string of the molecule is CN1CC[C@H](COc2ccccn2)CC12CN(c1ncc(F)cn1)C2. The summed E-state index contributed by atoms with van der Waals surface area (Å²) in [7, 11) is 2.18. The lowest BCUT2D eigenvalue weighted by molar-refractivity contribution is 0.00520. The highest BCUT2D eigenvalue weighted by Gasteiger charge is 2.50. The highest BCUT2D eigenvalue weighted by molar-refractivity contribution is 5.38. The maximum atomic E-state index is 13.0. The molecule has 2 aromatic rings. The summed E-state index contributed by atoms with van der Waals surface area (Å²) in [6, 6.07) is 5.71. The van der Waals surface area contributed by atoms with Gasteiger partial charge in [0.05, 0.1) is 24.5 Å². The summed E-state index contributed by atoms with van der Waals surface area (Å²) in [6.45, 7) is 3.48. The lowest BCUT2D eigenvalue weighted by Crippen LogP contribution is -2.72. The first-order chi connectivity index (χ1) is 12.1. The van der Waals surface area contributed by atoms with Crippen LogP contribution in [0.3, 0.4) is 0 Å². The Morgan fingerprint density at radius 3 is 2.76 bits per heavy atom. The average molecular weight is 343 g/mol. The Hall–Kier alpha value is -2.28. The second kappa shape index (κ2) is 6.55. The molecule has 0 unspecified atom stereocenters. The van der Waals surface area contributed by atoms with Gasteiger partial charge in [0.1, 0.15) is 0 Å². The predicted molar refractivity (Wildman–Crippen MR) is 92.0 cm³/mol. The van der Waals surface area contributed by atoms with Crippen LogP contribution >= 0.6 is 0 Å². The number of pyridine rings is 1. The minimum absolute atomic E-state index is 0.133. The molecule has 0 saturated carbocycles. The van der Waals surface area contributed by atoms with Crippen molar-refractivity contribution in [1.82, 2.24) is 19.9 Å². The minimum Gasteiger partial charge on any atom is -0.477 e. The van der Waals surface area contributed by atoms with Crippen LogP contribution in [0.25, 0.3) is 0 Å². The summed E-state index contributed by atoms with van der Waals surface area (Å²) >= 11 is 0. The van der Waals surface area contributed by atoms with Crippen molar-refractivity contribution in [3.8, 4) is 5.88 Å². The van der Waals surface area contributed by atoms with Crippen LogP contribution in [-0.2, 0) is 0 Å². The summed E-state index contributed by atoms with van der Waals surface area (Å²) in [5.74, 6) is 1.40. The Kier molecular flexibility index (Phi) is 4.25. The van der Waals surface area contributed by atoms with Crippen LogP contribution in [-0.4, -0.2) is 58.7 Å². The zero-order chi connectivity index (χ0) is 17.3. The van der Waals surface area contributed by atoms with Gasteiger partial charge in [-0.05, 0) is 38.4 Å². The molecule has 2 fully saturated rings. The number of aromatic nitrogens is 3. The minimum atomic E-state index is -0.402. The fraction of sp³-hybridized carbons (Fsp3) is 0.500. The van der Waals surface area contributed by atoms with Crippen molar-refractivity contribution in [1.29, 1.82) is 0 Å². The molecular weight excluding hydrogens is 321 g/mol. The third-order valence-electron chi connectivity index (χ3n) is 5.32. The molecule has 1 spiro atoms. The third-order valence-corrected chi connectivity index (χ3v) is 5.32. The molecule has 0 bridgehead atoms. The molecule has 1 atom stereocenters. The molecule has 4 rings (SSSR count). The van der Waals surface area contributed by atoms with Crippen molar-refractivity contribution < 1.29 is 9.13 Å². The maximum absolute atomic E-state index is 13.0. The van der Waals surface area contributed by atoms with Gasteiger partial charge in [-0.15, -0.1) is 0 Å². The standard InChI is InChI=1S/C18H22FN5O/c1-23-7-5-14(11-25-16-4-2-3-6-20-16)8-18(23)12-24(13-18)17-21-9-15(19)10-22-17/h2-4,6,9-10,14H,5,7-8,11-13H2,1H3/t14-/m0/s1. The first-order valence-electron chi connectivity index (χ1n) is 8.62. The van der Waals surface area contributed by atoms with Crippen molar-refractivity contribution in [3.63, 3.8) is 0 Å². The Balaban J connectivity index is 1.36. The van der Waals surface area contributed by atoms with E-state index in [0.717, 1.165) is 32.5 Å². The number of ether oxygens (including phenoxy) is 1. The van der Waals surface area contributed by atoms with E-state index < -0.39 is 5.82 Å². The number of hydrogen-bond acceptors (Lipinski definition) is 6. The Morgan fingerprint density at radius 1 is 1.24 bits per heavy atom. The Morgan fingerprint density at radius 2 is 2.04 bits per heavy atom. The first kappa shape index (κ1) is 16.2. The summed E-state index contributed by atoms with van der Waals surface area (Å²) in [5, 5.41) is 0. The van der Waals surface area contributed by atoms with Crippen molar-refractivity contribution >= 4 is 5.95 Å². The molecule has 2 aliphatic rings. The molecule has 7 heteroatoms. The number of likely N-dealkylation sites (tertiary alicyclic amines) is 1. The average Bonchev–Trinajstić information content (AvgIpc) is 2.61. The van der Waals surface area contributed by atoms with Gasteiger partial charge in [-0.3, -0.25) is 4.90 Å². The van der Waals surface area contributed by atoms with Crippen molar-refractivity contribution in [2.45, 2.75) is 18.4 Å². The summed E-state index contributed by atoms with van der Waals surface area (Å²) in [6.07, 6.45) is 6.40. The largest absolute Gasteiger partial charge is 0.477 e. The van der Waals surface area contributed by atoms with Gasteiger partial charge in [0.15, 0.2) is 5.82 Å². The van der Waals surface area contributed by atoms with Crippen molar-refractivity contribution in [2.75, 3.05) is 38.2 Å². The molecule has 2 saturated heterocycles. The Bertz CT molecular complexity index is 705. The zero-order valence-electron chi connectivity index (χ0n) is 14.3. The van der Waals surface area contributed by atoms with Crippen LogP contribution in [0.2, 0.25) is 0 Å². The van der Waals surface area contributed by atoms with E-state index in [9.17, 15) is 4.39 Å². The zero-order valence-corrected chi connectivity index (χ0v) is 14.3. The smallest absolute Gasteiger partial charge is 0.225 e. The number of rotatable bonds is 4. The predicted octanol–water partition coefficient (Wildman–Crippen LogP) is 1.99. The van der Waals surface area contributed by atoms with Crippen LogP contribution in [0.4, 0.5) is 10.3 Å². The number of anilines is 1. The van der Waals surface area contributed by atoms with E-state index in [1.807, 2.05) is 18.2 Å². The van der Waals surface area contributed by atoms with Gasteiger partial charge in [0.2, 0.25) is 11.8 Å². The highest BCUT2D eigenvalue weighted by Crippen LogP contribution is 2.39. The summed E-state index contributed by atoms with van der Waals surface area (Å²) in [4.78, 5) is 16.9. The van der Waals surface area contributed by atoms with Gasteiger partial charge in [0, 0.05) is 25.4 Å². The summed E-state index contributed by atoms with van der Waals surface area (Å²) in [5.41, 5.74) is 0.133. The molecule has 0 aromatic carbocycles. The molecule has 25 heavy (non-hydrogen) atoms. The molecular formula is C18H22FN5O. The molecule has 6 nitrogen and oxygen atoms in total. The lowest BCUT2D eigenvalue weighted by Gasteiger charge is -2.58. The monoisotopic (exact) mass is 343 g/mol. The van der Waals surface area contributed by atoms with E-state index in [1.165, 1.54) is 12.4 Å². The molecule has 0 aliphatic carbocycles. The quantitative estimate of drug-likeness (QED) is 0.846.